The molecule has 0 saturated heterocycles. The number of Topliss-reactive ketones (excluding diaryl/α,β-unsaturated/α-hetero) is 1. The van der Waals surface area contributed by atoms with Crippen molar-refractivity contribution in [3.8, 4) is 5.75 Å². The maximum Gasteiger partial charge on any atom is 0.229 e. The molecule has 3 rings (SSSR count). The van der Waals surface area contributed by atoms with Crippen LogP contribution in [0.3, 0.4) is 0 Å². The number of carbonyl (C=O) groups is 1. The Morgan fingerprint density at radius 1 is 1.09 bits per heavy atom. The van der Waals surface area contributed by atoms with Gasteiger partial charge in [-0.05, 0) is 36.2 Å². The predicted octanol–water partition coefficient (Wildman–Crippen LogP) is 5.23. The zero-order valence-corrected chi connectivity index (χ0v) is 20.8. The van der Waals surface area contributed by atoms with E-state index < -0.39 is 10.0 Å². The van der Waals surface area contributed by atoms with Crippen molar-refractivity contribution >= 4 is 56.2 Å². The number of ketones is 1. The van der Waals surface area contributed by atoms with Gasteiger partial charge in [0.05, 0.1) is 36.6 Å². The number of carbonyl (C=O) groups excluding carboxylic acids is 1. The lowest BCUT2D eigenvalue weighted by Gasteiger charge is -2.15. The summed E-state index contributed by atoms with van der Waals surface area (Å²) < 4.78 is 31.2. The van der Waals surface area contributed by atoms with Crippen LogP contribution in [0.25, 0.3) is 0 Å². The quantitative estimate of drug-likeness (QED) is 0.321. The van der Waals surface area contributed by atoms with E-state index in [4.69, 9.17) is 16.3 Å². The first kappa shape index (κ1) is 25.3. The molecule has 2 aromatic carbocycles. The number of hydrogen-bond acceptors (Lipinski definition) is 8. The van der Waals surface area contributed by atoms with E-state index in [0.29, 0.717) is 34.8 Å². The molecule has 0 aliphatic heterocycles. The average molecular weight is 504 g/mol. The molecule has 0 saturated carbocycles. The fourth-order valence-electron chi connectivity index (χ4n) is 3.11. The highest BCUT2D eigenvalue weighted by Gasteiger charge is 2.15. The summed E-state index contributed by atoms with van der Waals surface area (Å²) >= 11 is 6.29. The first-order chi connectivity index (χ1) is 16.1. The van der Waals surface area contributed by atoms with E-state index in [1.54, 1.807) is 42.5 Å². The van der Waals surface area contributed by atoms with Crippen molar-refractivity contribution in [1.82, 2.24) is 9.97 Å². The lowest BCUT2D eigenvalue weighted by atomic mass is 10.0. The van der Waals surface area contributed by atoms with Gasteiger partial charge in [-0.3, -0.25) is 9.52 Å². The summed E-state index contributed by atoms with van der Waals surface area (Å²) in [6.07, 6.45) is 2.90. The van der Waals surface area contributed by atoms with Gasteiger partial charge in [-0.2, -0.15) is 4.98 Å². The van der Waals surface area contributed by atoms with Crippen LogP contribution in [0.1, 0.15) is 30.6 Å². The molecule has 3 N–H and O–H groups in total. The molecule has 0 unspecified atom stereocenters. The molecule has 180 valence electrons. The first-order valence-electron chi connectivity index (χ1n) is 10.4. The Hall–Kier alpha value is -3.37. The van der Waals surface area contributed by atoms with E-state index >= 15 is 0 Å². The van der Waals surface area contributed by atoms with Crippen LogP contribution in [0.5, 0.6) is 5.75 Å². The lowest BCUT2D eigenvalue weighted by molar-refractivity contribution is 0.0968. The van der Waals surface area contributed by atoms with Gasteiger partial charge in [-0.15, -0.1) is 0 Å². The number of hydrogen-bond donors (Lipinski definition) is 3. The van der Waals surface area contributed by atoms with Gasteiger partial charge in [0.15, 0.2) is 11.6 Å². The highest BCUT2D eigenvalue weighted by molar-refractivity contribution is 7.92. The van der Waals surface area contributed by atoms with Gasteiger partial charge in [0.25, 0.3) is 0 Å². The molecule has 1 heterocycles. The second-order valence-corrected chi connectivity index (χ2v) is 10.2. The highest BCUT2D eigenvalue weighted by Crippen LogP contribution is 2.32. The maximum atomic E-state index is 12.5. The zero-order valence-electron chi connectivity index (χ0n) is 19.2. The minimum Gasteiger partial charge on any atom is -0.495 e. The van der Waals surface area contributed by atoms with E-state index in [0.717, 1.165) is 6.26 Å². The van der Waals surface area contributed by atoms with Gasteiger partial charge in [0, 0.05) is 12.0 Å². The van der Waals surface area contributed by atoms with Crippen LogP contribution in [-0.2, 0) is 10.0 Å². The summed E-state index contributed by atoms with van der Waals surface area (Å²) in [4.78, 5) is 21.1. The van der Waals surface area contributed by atoms with Crippen LogP contribution in [0.2, 0.25) is 5.02 Å². The number of nitrogens with zero attached hydrogens (tertiary/aromatic N) is 2. The molecule has 1 aromatic heterocycles. The monoisotopic (exact) mass is 503 g/mol. The minimum atomic E-state index is -3.49. The highest BCUT2D eigenvalue weighted by atomic mass is 35.5. The molecule has 0 atom stereocenters. The van der Waals surface area contributed by atoms with Crippen molar-refractivity contribution in [1.29, 1.82) is 0 Å². The second-order valence-electron chi connectivity index (χ2n) is 8.00. The van der Waals surface area contributed by atoms with Gasteiger partial charge in [0.2, 0.25) is 16.0 Å². The molecule has 0 aliphatic carbocycles. The van der Waals surface area contributed by atoms with Crippen LogP contribution in [0, 0.1) is 5.92 Å². The fraction of sp³-hybridized carbons (Fsp3) is 0.261. The Bertz CT molecular complexity index is 1300. The molecule has 0 amide bonds. The second kappa shape index (κ2) is 10.7. The van der Waals surface area contributed by atoms with Crippen molar-refractivity contribution in [3.05, 3.63) is 59.2 Å². The number of rotatable bonds is 10. The number of halogens is 1. The third-order valence-corrected chi connectivity index (χ3v) is 5.45. The van der Waals surface area contributed by atoms with E-state index in [-0.39, 0.29) is 28.5 Å². The summed E-state index contributed by atoms with van der Waals surface area (Å²) in [6.45, 7) is 3.97. The predicted molar refractivity (Wildman–Crippen MR) is 135 cm³/mol. The molecular formula is C23H26ClN5O4S. The Morgan fingerprint density at radius 3 is 2.44 bits per heavy atom. The average Bonchev–Trinajstić information content (AvgIpc) is 2.76. The molecule has 0 bridgehead atoms. The summed E-state index contributed by atoms with van der Waals surface area (Å²) in [5, 5.41) is 6.33. The van der Waals surface area contributed by atoms with Crippen LogP contribution in [0.15, 0.2) is 48.7 Å². The van der Waals surface area contributed by atoms with E-state index in [9.17, 15) is 13.2 Å². The van der Waals surface area contributed by atoms with E-state index in [1.807, 2.05) is 13.8 Å². The van der Waals surface area contributed by atoms with Crippen molar-refractivity contribution in [3.63, 3.8) is 0 Å². The van der Waals surface area contributed by atoms with Crippen molar-refractivity contribution in [2.45, 2.75) is 20.3 Å². The smallest absolute Gasteiger partial charge is 0.229 e. The SMILES string of the molecule is COc1ccc(C(=O)CC(C)C)cc1Nc1ncc(Cl)c(Nc2ccccc2NS(C)(=O)=O)n1. The summed E-state index contributed by atoms with van der Waals surface area (Å²) in [6, 6.07) is 11.9. The van der Waals surface area contributed by atoms with Crippen LogP contribution < -0.4 is 20.1 Å². The summed E-state index contributed by atoms with van der Waals surface area (Å²) in [7, 11) is -1.96. The Morgan fingerprint density at radius 2 is 1.79 bits per heavy atom. The molecule has 11 heteroatoms. The van der Waals surface area contributed by atoms with Crippen LogP contribution in [0.4, 0.5) is 28.8 Å². The van der Waals surface area contributed by atoms with Crippen molar-refractivity contribution < 1.29 is 17.9 Å². The number of benzene rings is 2. The summed E-state index contributed by atoms with van der Waals surface area (Å²) in [5.74, 6) is 1.23. The van der Waals surface area contributed by atoms with E-state index in [2.05, 4.69) is 25.3 Å². The third kappa shape index (κ3) is 6.82. The van der Waals surface area contributed by atoms with Gasteiger partial charge in [0.1, 0.15) is 10.8 Å². The Balaban J connectivity index is 1.90. The molecule has 34 heavy (non-hydrogen) atoms. The number of anilines is 5. The molecule has 0 spiro atoms. The first-order valence-corrected chi connectivity index (χ1v) is 12.7. The number of methoxy groups -OCH3 is 1. The van der Waals surface area contributed by atoms with Crippen LogP contribution >= 0.6 is 11.6 Å². The largest absolute Gasteiger partial charge is 0.495 e. The van der Waals surface area contributed by atoms with Gasteiger partial charge in [-0.25, -0.2) is 13.4 Å². The molecule has 0 fully saturated rings. The standard InChI is InChI=1S/C23H26ClN5O4S/c1-14(2)11-20(30)15-9-10-21(33-3)19(12-15)27-23-25-13-16(24)22(28-23)26-17-7-5-6-8-18(17)29-34(4,31)32/h5-10,12-14,29H,11H2,1-4H3,(H2,25,26,27,28). The fourth-order valence-corrected chi connectivity index (χ4v) is 3.83. The summed E-state index contributed by atoms with van der Waals surface area (Å²) in [5.41, 5.74) is 1.86. The molecule has 0 aliphatic rings. The van der Waals surface area contributed by atoms with Crippen molar-refractivity contribution in [2.75, 3.05) is 28.7 Å². The third-order valence-electron chi connectivity index (χ3n) is 4.58. The Kier molecular flexibility index (Phi) is 7.95. The van der Waals surface area contributed by atoms with Gasteiger partial charge < -0.3 is 15.4 Å². The number of ether oxygens (including phenoxy) is 1. The molecule has 0 radical (unpaired) electrons. The molecule has 9 nitrogen and oxygen atoms in total. The van der Waals surface area contributed by atoms with Crippen molar-refractivity contribution in [2.24, 2.45) is 5.92 Å². The number of nitrogens with one attached hydrogen (secondary N) is 3. The topological polar surface area (TPSA) is 122 Å². The number of sulfonamides is 1. The number of aromatic nitrogens is 2. The Labute approximate surface area is 204 Å². The molecular weight excluding hydrogens is 478 g/mol. The van der Waals surface area contributed by atoms with Crippen LogP contribution in [-0.4, -0.2) is 37.5 Å². The van der Waals surface area contributed by atoms with Gasteiger partial charge in [-0.1, -0.05) is 37.6 Å². The number of para-hydroxylation sites is 2. The normalized spacial score (nSPS) is 11.2. The molecule has 3 aromatic rings. The minimum absolute atomic E-state index is 0.0232. The zero-order chi connectivity index (χ0) is 24.9. The maximum absolute atomic E-state index is 12.5. The van der Waals surface area contributed by atoms with Gasteiger partial charge >= 0.3 is 0 Å². The lowest BCUT2D eigenvalue weighted by Crippen LogP contribution is -2.11. The van der Waals surface area contributed by atoms with E-state index in [1.165, 1.54) is 13.3 Å².